The summed E-state index contributed by atoms with van der Waals surface area (Å²) < 4.78 is 30.3. The van der Waals surface area contributed by atoms with Crippen molar-refractivity contribution in [1.82, 2.24) is 29.9 Å². The van der Waals surface area contributed by atoms with E-state index in [1.165, 1.54) is 12.1 Å². The third-order valence-corrected chi connectivity index (χ3v) is 14.3. The Hall–Kier alpha value is -6.76. The van der Waals surface area contributed by atoms with E-state index in [1.54, 1.807) is 30.6 Å². The molecule has 0 bridgehead atoms. The summed E-state index contributed by atoms with van der Waals surface area (Å²) in [7, 11) is 1.92. The van der Waals surface area contributed by atoms with Gasteiger partial charge >= 0.3 is 0 Å². The number of nitrogens with zero attached hydrogens (tertiary/aromatic N) is 5. The lowest BCUT2D eigenvalue weighted by molar-refractivity contribution is 0.0923. The number of halogens is 2. The van der Waals surface area contributed by atoms with Crippen LogP contribution in [-0.4, -0.2) is 52.6 Å². The van der Waals surface area contributed by atoms with E-state index in [2.05, 4.69) is 20.2 Å². The van der Waals surface area contributed by atoms with Gasteiger partial charge in [0.05, 0.1) is 11.0 Å². The number of benzene rings is 4. The monoisotopic (exact) mass is 926 g/mol. The number of pyridine rings is 2. The highest BCUT2D eigenvalue weighted by molar-refractivity contribution is 6.03. The van der Waals surface area contributed by atoms with E-state index in [1.807, 2.05) is 104 Å². The van der Waals surface area contributed by atoms with Crippen molar-refractivity contribution in [2.75, 3.05) is 0 Å². The molecule has 4 aromatic heterocycles. The zero-order valence-corrected chi connectivity index (χ0v) is 39.7. The minimum atomic E-state index is -0.481. The molecule has 0 radical (unpaired) electrons. The van der Waals surface area contributed by atoms with Crippen LogP contribution in [0.1, 0.15) is 107 Å². The van der Waals surface area contributed by atoms with Crippen molar-refractivity contribution in [1.29, 1.82) is 0 Å². The molecule has 10 rings (SSSR count). The summed E-state index contributed by atoms with van der Waals surface area (Å²) in [4.78, 5) is 35.2. The van der Waals surface area contributed by atoms with Gasteiger partial charge < -0.3 is 11.5 Å². The first-order chi connectivity index (χ1) is 33.2. The normalized spacial score (nSPS) is 20.4. The molecule has 4 atom stereocenters. The van der Waals surface area contributed by atoms with Crippen molar-refractivity contribution < 1.29 is 18.4 Å². The van der Waals surface area contributed by atoms with E-state index in [-0.39, 0.29) is 35.0 Å². The van der Waals surface area contributed by atoms with Crippen molar-refractivity contribution >= 4 is 33.4 Å². The summed E-state index contributed by atoms with van der Waals surface area (Å²) in [6.07, 6.45) is 12.4. The number of rotatable bonds is 12. The summed E-state index contributed by atoms with van der Waals surface area (Å²) in [6.45, 7) is 3.90. The Labute approximate surface area is 402 Å². The number of hydrogen-bond donors (Lipinski definition) is 3. The van der Waals surface area contributed by atoms with Gasteiger partial charge in [-0.2, -0.15) is 10.2 Å². The summed E-state index contributed by atoms with van der Waals surface area (Å²) in [5, 5.41) is 14.1. The average Bonchev–Trinajstić information content (AvgIpc) is 3.91. The molecule has 2 fully saturated rings. The minimum absolute atomic E-state index is 0.111. The maximum Gasteiger partial charge on any atom is 0.163 e. The van der Waals surface area contributed by atoms with Crippen molar-refractivity contribution in [3.8, 4) is 22.5 Å². The molecular weight excluding hydrogens is 867 g/mol. The van der Waals surface area contributed by atoms with E-state index in [9.17, 15) is 18.4 Å². The minimum Gasteiger partial charge on any atom is -0.325 e. The fourth-order valence-electron chi connectivity index (χ4n) is 11.0. The zero-order chi connectivity index (χ0) is 48.3. The first kappa shape index (κ1) is 47.3. The van der Waals surface area contributed by atoms with Crippen LogP contribution < -0.4 is 11.5 Å². The maximum atomic E-state index is 14.2. The van der Waals surface area contributed by atoms with Gasteiger partial charge in [-0.25, -0.2) is 8.78 Å². The zero-order valence-electron chi connectivity index (χ0n) is 39.7. The highest BCUT2D eigenvalue weighted by atomic mass is 19.1. The number of hydrogen-bond acceptors (Lipinski definition) is 8. The third-order valence-electron chi connectivity index (χ3n) is 14.3. The van der Waals surface area contributed by atoms with Crippen molar-refractivity contribution in [3.05, 3.63) is 167 Å². The number of H-pyrrole nitrogens is 1. The van der Waals surface area contributed by atoms with Crippen LogP contribution in [0.5, 0.6) is 0 Å². The second-order valence-corrected chi connectivity index (χ2v) is 19.8. The Morgan fingerprint density at radius 2 is 1.17 bits per heavy atom. The fourth-order valence-corrected chi connectivity index (χ4v) is 11.0. The van der Waals surface area contributed by atoms with Gasteiger partial charge in [0.1, 0.15) is 23.0 Å². The lowest BCUT2D eigenvalue weighted by Gasteiger charge is -2.38. The average molecular weight is 927 g/mol. The smallest absolute Gasteiger partial charge is 0.163 e. The second-order valence-electron chi connectivity index (χ2n) is 19.8. The van der Waals surface area contributed by atoms with Gasteiger partial charge in [-0.15, -0.1) is 0 Å². The molecule has 0 unspecified atom stereocenters. The fraction of sp³-hybridized carbons (Fsp3) is 0.333. The molecule has 354 valence electrons. The first-order valence-corrected chi connectivity index (χ1v) is 24.1. The van der Waals surface area contributed by atoms with E-state index < -0.39 is 11.1 Å². The molecule has 5 N–H and O–H groups in total. The van der Waals surface area contributed by atoms with Gasteiger partial charge in [-0.3, -0.25) is 29.3 Å². The number of aromatic amines is 1. The van der Waals surface area contributed by atoms with Crippen molar-refractivity contribution in [2.24, 2.45) is 30.4 Å². The molecule has 4 aromatic carbocycles. The van der Waals surface area contributed by atoms with Crippen LogP contribution in [0.4, 0.5) is 8.78 Å². The van der Waals surface area contributed by atoms with Gasteiger partial charge in [0, 0.05) is 87.8 Å². The molecule has 0 amide bonds. The number of nitrogens with one attached hydrogen (secondary N) is 1. The molecule has 2 aliphatic rings. The molecule has 2 aliphatic carbocycles. The number of carbonyl (C=O) groups excluding carboxylic acids is 2. The Bertz CT molecular complexity index is 3160. The predicted octanol–water partition coefficient (Wildman–Crippen LogP) is 11.6. The Kier molecular flexibility index (Phi) is 13.8. The summed E-state index contributed by atoms with van der Waals surface area (Å²) in [6, 6.07) is 33.1. The largest absolute Gasteiger partial charge is 0.325 e. The van der Waals surface area contributed by atoms with E-state index in [0.29, 0.717) is 47.9 Å². The molecule has 10 nitrogen and oxygen atoms in total. The lowest BCUT2D eigenvalue weighted by atomic mass is 9.71. The number of ketones is 2. The number of fused-ring (bicyclic) bond motifs is 2. The molecule has 4 heterocycles. The van der Waals surface area contributed by atoms with Crippen LogP contribution in [0.2, 0.25) is 0 Å². The van der Waals surface area contributed by atoms with Crippen LogP contribution in [0.15, 0.2) is 122 Å². The van der Waals surface area contributed by atoms with Crippen LogP contribution in [0.3, 0.4) is 0 Å². The number of Topliss-reactive ketones (excluding diaryl/α,β-unsaturated/α-hetero) is 2. The Morgan fingerprint density at radius 3 is 1.71 bits per heavy atom. The Balaban J connectivity index is 0.000000172. The number of carbonyl (C=O) groups is 2. The van der Waals surface area contributed by atoms with Gasteiger partial charge in [-0.05, 0) is 161 Å². The maximum absolute atomic E-state index is 14.2. The molecule has 2 saturated carbocycles. The van der Waals surface area contributed by atoms with Crippen LogP contribution in [0, 0.1) is 37.3 Å². The molecular formula is C57H60F2N8O2. The van der Waals surface area contributed by atoms with Gasteiger partial charge in [0.2, 0.25) is 0 Å². The standard InChI is InChI=1S/C29H31FN4O.C28H29FN4O/c1-19-14-22(11-13-32-19)28-24-16-21(9-10-26(24)34(2)33-28)27(35)15-20-6-5-12-29(31,17-20)18-23-7-3-4-8-25(23)30;1-18-13-21(10-12-31-18)27-23-15-20(8-9-25(23)32-33-27)26(34)14-19-5-4-11-28(30,16-19)17-22-6-2-3-7-24(22)29/h3-4,7-11,13-14,16,20H,5-6,12,15,17-18,31H2,1-2H3;2-3,6-10,12-13,15,19H,4-5,11,14,16-17,30H2,1H3,(H,32,33)/t20-,29-;19-,28-/m00/s1. The molecule has 0 saturated heterocycles. The van der Waals surface area contributed by atoms with Crippen molar-refractivity contribution in [2.45, 2.75) is 102 Å². The van der Waals surface area contributed by atoms with Crippen LogP contribution >= 0.6 is 0 Å². The highest BCUT2D eigenvalue weighted by Gasteiger charge is 2.36. The van der Waals surface area contributed by atoms with E-state index in [4.69, 9.17) is 16.6 Å². The Morgan fingerprint density at radius 1 is 0.667 bits per heavy atom. The second kappa shape index (κ2) is 20.1. The van der Waals surface area contributed by atoms with Crippen LogP contribution in [0.25, 0.3) is 44.3 Å². The molecule has 0 spiro atoms. The van der Waals surface area contributed by atoms with Gasteiger partial charge in [0.15, 0.2) is 11.6 Å². The van der Waals surface area contributed by atoms with Crippen molar-refractivity contribution in [3.63, 3.8) is 0 Å². The summed E-state index contributed by atoms with van der Waals surface area (Å²) in [5.41, 5.74) is 22.5. The number of nitrogens with two attached hydrogens (primary N) is 2. The molecule has 12 heteroatoms. The quantitative estimate of drug-likeness (QED) is 0.102. The SMILES string of the molecule is Cc1cc(-c2n[nH]c3ccc(C(=O)C[C@@H]4CCC[C@@](N)(Cc5ccccc5F)C4)cc23)ccn1.Cc1cc(-c2nn(C)c3ccc(C(=O)C[C@@H]4CCC[C@@](N)(Cc5ccccc5F)C4)cc23)ccn1. The lowest BCUT2D eigenvalue weighted by Crippen LogP contribution is -2.46. The van der Waals surface area contributed by atoms with E-state index in [0.717, 1.165) is 107 Å². The topological polar surface area (TPSA) is 158 Å². The molecule has 8 aromatic rings. The predicted molar refractivity (Wildman–Crippen MR) is 269 cm³/mol. The summed E-state index contributed by atoms with van der Waals surface area (Å²) in [5.74, 6) is 0.202. The number of aromatic nitrogens is 6. The van der Waals surface area contributed by atoms with E-state index >= 15 is 0 Å². The molecule has 0 aliphatic heterocycles. The first-order valence-electron chi connectivity index (χ1n) is 24.1. The van der Waals surface area contributed by atoms with Gasteiger partial charge in [-0.1, -0.05) is 49.2 Å². The van der Waals surface area contributed by atoms with Crippen LogP contribution in [-0.2, 0) is 19.9 Å². The highest BCUT2D eigenvalue weighted by Crippen LogP contribution is 2.38. The number of aryl methyl sites for hydroxylation is 3. The van der Waals surface area contributed by atoms with Gasteiger partial charge in [0.25, 0.3) is 0 Å². The molecule has 69 heavy (non-hydrogen) atoms. The third kappa shape index (κ3) is 10.9. The summed E-state index contributed by atoms with van der Waals surface area (Å²) >= 11 is 0.